The van der Waals surface area contributed by atoms with Crippen LogP contribution in [0.1, 0.15) is 47.7 Å². The smallest absolute Gasteiger partial charge is 0.161 e. The number of benzene rings is 1. The van der Waals surface area contributed by atoms with Crippen LogP contribution in [-0.2, 0) is 4.79 Å². The minimum absolute atomic E-state index is 0.168. The molecule has 3 aromatic rings. The van der Waals surface area contributed by atoms with Gasteiger partial charge in [-0.15, -0.1) is 0 Å². The molecule has 0 unspecified atom stereocenters. The summed E-state index contributed by atoms with van der Waals surface area (Å²) in [5.74, 6) is 1.00. The third-order valence-electron chi connectivity index (χ3n) is 5.64. The van der Waals surface area contributed by atoms with Crippen LogP contribution >= 0.6 is 0 Å². The van der Waals surface area contributed by atoms with Crippen molar-refractivity contribution in [2.24, 2.45) is 0 Å². The highest BCUT2D eigenvalue weighted by atomic mass is 16.1. The van der Waals surface area contributed by atoms with E-state index in [9.17, 15) is 4.79 Å². The summed E-state index contributed by atoms with van der Waals surface area (Å²) >= 11 is 0. The Morgan fingerprint density at radius 3 is 2.79 bits per heavy atom. The molecule has 1 aliphatic carbocycles. The summed E-state index contributed by atoms with van der Waals surface area (Å²) in [6.45, 7) is 4.10. The first-order chi connectivity index (χ1) is 13.6. The van der Waals surface area contributed by atoms with E-state index in [1.54, 1.807) is 6.20 Å². The number of hydrogen-bond donors (Lipinski definition) is 1. The number of ketones is 1. The molecule has 2 aliphatic rings. The second-order valence-corrected chi connectivity index (χ2v) is 7.58. The normalized spacial score (nSPS) is 18.5. The van der Waals surface area contributed by atoms with Crippen molar-refractivity contribution in [1.82, 2.24) is 14.8 Å². The highest BCUT2D eigenvalue weighted by Gasteiger charge is 2.39. The summed E-state index contributed by atoms with van der Waals surface area (Å²) in [7, 11) is 0. The van der Waals surface area contributed by atoms with Gasteiger partial charge in [0.05, 0.1) is 23.0 Å². The van der Waals surface area contributed by atoms with Crippen molar-refractivity contribution in [2.45, 2.75) is 39.0 Å². The number of anilines is 1. The molecule has 0 bridgehead atoms. The molecule has 140 valence electrons. The van der Waals surface area contributed by atoms with Crippen molar-refractivity contribution in [2.75, 3.05) is 5.32 Å². The van der Waals surface area contributed by atoms with Crippen LogP contribution in [0.5, 0.6) is 0 Å². The van der Waals surface area contributed by atoms with Gasteiger partial charge >= 0.3 is 0 Å². The van der Waals surface area contributed by atoms with Crippen LogP contribution in [-0.4, -0.2) is 20.5 Å². The van der Waals surface area contributed by atoms with E-state index < -0.39 is 0 Å². The number of hydrogen-bond acceptors (Lipinski definition) is 4. The van der Waals surface area contributed by atoms with Crippen LogP contribution in [0.25, 0.3) is 5.69 Å². The van der Waals surface area contributed by atoms with Crippen molar-refractivity contribution in [3.8, 4) is 5.69 Å². The lowest BCUT2D eigenvalue weighted by atomic mass is 9.77. The van der Waals surface area contributed by atoms with Gasteiger partial charge in [0.25, 0.3) is 0 Å². The number of rotatable bonds is 2. The van der Waals surface area contributed by atoms with Gasteiger partial charge in [-0.2, -0.15) is 5.10 Å². The van der Waals surface area contributed by atoms with Gasteiger partial charge in [-0.05, 0) is 56.5 Å². The molecular weight excluding hydrogens is 348 g/mol. The SMILES string of the molecule is Cc1cccc(-n2nc(C)c3c2NC2=C(C(=O)CCC2)[C@H]3c2ccccn2)c1. The molecular formula is C23H22N4O. The van der Waals surface area contributed by atoms with Crippen LogP contribution in [0.2, 0.25) is 0 Å². The lowest BCUT2D eigenvalue weighted by molar-refractivity contribution is -0.116. The molecule has 0 saturated heterocycles. The van der Waals surface area contributed by atoms with Crippen molar-refractivity contribution < 1.29 is 4.79 Å². The third kappa shape index (κ3) is 2.58. The van der Waals surface area contributed by atoms with E-state index >= 15 is 0 Å². The quantitative estimate of drug-likeness (QED) is 0.724. The summed E-state index contributed by atoms with van der Waals surface area (Å²) in [4.78, 5) is 17.5. The molecule has 1 aromatic carbocycles. The monoisotopic (exact) mass is 370 g/mol. The highest BCUT2D eigenvalue weighted by Crippen LogP contribution is 2.46. The van der Waals surface area contributed by atoms with Crippen LogP contribution in [0.3, 0.4) is 0 Å². The second kappa shape index (κ2) is 6.44. The molecule has 3 heterocycles. The number of pyridine rings is 1. The molecule has 0 fully saturated rings. The number of aryl methyl sites for hydroxylation is 2. The largest absolute Gasteiger partial charge is 0.343 e. The Balaban J connectivity index is 1.76. The first-order valence-corrected chi connectivity index (χ1v) is 9.74. The number of allylic oxidation sites excluding steroid dienone is 2. The fourth-order valence-corrected chi connectivity index (χ4v) is 4.41. The Labute approximate surface area is 164 Å². The minimum Gasteiger partial charge on any atom is -0.343 e. The van der Waals surface area contributed by atoms with Gasteiger partial charge in [-0.25, -0.2) is 4.68 Å². The molecule has 5 nitrogen and oxygen atoms in total. The lowest BCUT2D eigenvalue weighted by Gasteiger charge is -2.32. The number of nitrogens with zero attached hydrogens (tertiary/aromatic N) is 3. The van der Waals surface area contributed by atoms with Crippen molar-refractivity contribution in [3.63, 3.8) is 0 Å². The fourth-order valence-electron chi connectivity index (χ4n) is 4.41. The van der Waals surface area contributed by atoms with E-state index in [4.69, 9.17) is 5.10 Å². The Morgan fingerprint density at radius 1 is 1.11 bits per heavy atom. The van der Waals surface area contributed by atoms with Gasteiger partial charge in [0.2, 0.25) is 0 Å². The first kappa shape index (κ1) is 16.9. The van der Waals surface area contributed by atoms with Crippen LogP contribution in [0, 0.1) is 13.8 Å². The molecule has 5 rings (SSSR count). The summed E-state index contributed by atoms with van der Waals surface area (Å²) in [5.41, 5.74) is 6.96. The summed E-state index contributed by atoms with van der Waals surface area (Å²) < 4.78 is 1.97. The minimum atomic E-state index is -0.168. The first-order valence-electron chi connectivity index (χ1n) is 9.74. The standard InChI is InChI=1S/C23H22N4O/c1-14-7-5-8-16(13-14)27-23-20(15(2)26-27)22(17-9-3-4-12-24-17)21-18(25-23)10-6-11-19(21)28/h3-5,7-9,12-13,22,25H,6,10-11H2,1-2H3/t22-/m0/s1. The molecule has 2 aromatic heterocycles. The highest BCUT2D eigenvalue weighted by molar-refractivity contribution is 6.01. The molecule has 28 heavy (non-hydrogen) atoms. The maximum atomic E-state index is 12.9. The predicted molar refractivity (Wildman–Crippen MR) is 109 cm³/mol. The zero-order chi connectivity index (χ0) is 19.3. The molecule has 1 atom stereocenters. The summed E-state index contributed by atoms with van der Waals surface area (Å²) in [6, 6.07) is 14.2. The Kier molecular flexibility index (Phi) is 3.90. The van der Waals surface area contributed by atoms with Crippen molar-refractivity contribution in [1.29, 1.82) is 0 Å². The molecule has 0 saturated carbocycles. The topological polar surface area (TPSA) is 59.8 Å². The zero-order valence-electron chi connectivity index (χ0n) is 16.1. The van der Waals surface area contributed by atoms with Crippen LogP contribution in [0.4, 0.5) is 5.82 Å². The number of Topliss-reactive ketones (excluding diaryl/α,β-unsaturated/α-hetero) is 1. The maximum Gasteiger partial charge on any atom is 0.161 e. The Morgan fingerprint density at radius 2 is 2.00 bits per heavy atom. The molecule has 0 amide bonds. The molecule has 1 N–H and O–H groups in total. The maximum absolute atomic E-state index is 12.9. The lowest BCUT2D eigenvalue weighted by Crippen LogP contribution is -2.28. The molecule has 5 heteroatoms. The van der Waals surface area contributed by atoms with Gasteiger partial charge in [0, 0.05) is 29.5 Å². The average molecular weight is 370 g/mol. The fraction of sp³-hybridized carbons (Fsp3) is 0.261. The number of nitrogens with one attached hydrogen (secondary N) is 1. The summed E-state index contributed by atoms with van der Waals surface area (Å²) in [6.07, 6.45) is 4.16. The number of carbonyl (C=O) groups excluding carboxylic acids is 1. The number of carbonyl (C=O) groups is 1. The summed E-state index contributed by atoms with van der Waals surface area (Å²) in [5, 5.41) is 8.42. The van der Waals surface area contributed by atoms with E-state index in [2.05, 4.69) is 35.4 Å². The second-order valence-electron chi connectivity index (χ2n) is 7.58. The van der Waals surface area contributed by atoms with Crippen molar-refractivity contribution >= 4 is 11.6 Å². The number of aromatic nitrogens is 3. The van der Waals surface area contributed by atoms with E-state index in [-0.39, 0.29) is 11.7 Å². The van der Waals surface area contributed by atoms with E-state index in [1.807, 2.05) is 35.9 Å². The predicted octanol–water partition coefficient (Wildman–Crippen LogP) is 4.45. The van der Waals surface area contributed by atoms with Crippen molar-refractivity contribution in [3.05, 3.63) is 82.4 Å². The van der Waals surface area contributed by atoms with Crippen LogP contribution < -0.4 is 5.32 Å². The van der Waals surface area contributed by atoms with Crippen LogP contribution in [0.15, 0.2) is 59.9 Å². The van der Waals surface area contributed by atoms with Gasteiger partial charge in [0.15, 0.2) is 5.78 Å². The van der Waals surface area contributed by atoms with Gasteiger partial charge in [0.1, 0.15) is 5.82 Å². The van der Waals surface area contributed by atoms with Gasteiger partial charge in [-0.3, -0.25) is 9.78 Å². The Bertz CT molecular complexity index is 1110. The van der Waals surface area contributed by atoms with Gasteiger partial charge in [-0.1, -0.05) is 18.2 Å². The van der Waals surface area contributed by atoms with E-state index in [1.165, 1.54) is 5.56 Å². The molecule has 0 radical (unpaired) electrons. The van der Waals surface area contributed by atoms with E-state index in [0.29, 0.717) is 6.42 Å². The van der Waals surface area contributed by atoms with E-state index in [0.717, 1.165) is 52.6 Å². The average Bonchev–Trinajstić information content (AvgIpc) is 3.04. The molecule has 0 spiro atoms. The molecule has 1 aliphatic heterocycles. The zero-order valence-corrected chi connectivity index (χ0v) is 16.1. The Hall–Kier alpha value is -3.21. The van der Waals surface area contributed by atoms with Gasteiger partial charge < -0.3 is 5.32 Å². The third-order valence-corrected chi connectivity index (χ3v) is 5.64. The number of fused-ring (bicyclic) bond motifs is 1.